The third-order valence-corrected chi connectivity index (χ3v) is 3.89. The number of carbonyl (C=O) groups is 2. The minimum atomic E-state index is -0.766. The third-order valence-electron chi connectivity index (χ3n) is 3.39. The normalized spacial score (nSPS) is 10.2. The van der Waals surface area contributed by atoms with E-state index in [4.69, 9.17) is 9.47 Å². The Morgan fingerprint density at radius 2 is 1.84 bits per heavy atom. The molecule has 2 rings (SSSR count). The predicted octanol–water partition coefficient (Wildman–Crippen LogP) is 3.77. The van der Waals surface area contributed by atoms with Crippen LogP contribution in [0.4, 0.5) is 10.1 Å². The maximum atomic E-state index is 13.5. The zero-order valence-electron chi connectivity index (χ0n) is 13.8. The predicted molar refractivity (Wildman–Crippen MR) is 95.1 cm³/mol. The Kier molecular flexibility index (Phi) is 6.52. The second kappa shape index (κ2) is 8.62. The summed E-state index contributed by atoms with van der Waals surface area (Å²) < 4.78 is 23.9. The lowest BCUT2D eigenvalue weighted by atomic mass is 10.1. The molecule has 1 N–H and O–H groups in total. The van der Waals surface area contributed by atoms with Gasteiger partial charge >= 0.3 is 5.97 Å². The molecule has 2 aromatic rings. The number of aryl methyl sites for hydroxylation is 2. The Bertz CT molecular complexity index is 795. The number of hydrogen-bond donors (Lipinski definition) is 1. The summed E-state index contributed by atoms with van der Waals surface area (Å²) in [5.41, 5.74) is 2.78. The first-order chi connectivity index (χ1) is 11.8. The van der Waals surface area contributed by atoms with Crippen molar-refractivity contribution in [1.82, 2.24) is 0 Å². The van der Waals surface area contributed by atoms with Gasteiger partial charge in [0.1, 0.15) is 0 Å². The van der Waals surface area contributed by atoms with Crippen molar-refractivity contribution in [3.63, 3.8) is 0 Å². The monoisotopic (exact) mass is 409 g/mol. The zero-order valence-corrected chi connectivity index (χ0v) is 15.4. The van der Waals surface area contributed by atoms with Crippen molar-refractivity contribution in [2.45, 2.75) is 13.8 Å². The van der Waals surface area contributed by atoms with Crippen LogP contribution >= 0.6 is 15.9 Å². The van der Waals surface area contributed by atoms with E-state index in [1.807, 2.05) is 26.0 Å². The average Bonchev–Trinajstić information content (AvgIpc) is 2.55. The topological polar surface area (TPSA) is 64.6 Å². The number of halogens is 2. The van der Waals surface area contributed by atoms with Crippen LogP contribution in [-0.4, -0.2) is 25.1 Å². The van der Waals surface area contributed by atoms with E-state index < -0.39 is 30.9 Å². The van der Waals surface area contributed by atoms with Crippen LogP contribution in [0.2, 0.25) is 0 Å². The van der Waals surface area contributed by atoms with E-state index >= 15 is 0 Å². The molecule has 0 spiro atoms. The maximum Gasteiger partial charge on any atom is 0.344 e. The second-order valence-corrected chi connectivity index (χ2v) is 6.29. The molecule has 2 aromatic carbocycles. The molecule has 0 radical (unpaired) electrons. The summed E-state index contributed by atoms with van der Waals surface area (Å²) in [6.07, 6.45) is 0. The fourth-order valence-corrected chi connectivity index (χ4v) is 2.27. The number of anilines is 1. The van der Waals surface area contributed by atoms with Gasteiger partial charge in [-0.3, -0.25) is 4.79 Å². The first kappa shape index (κ1) is 18.9. The van der Waals surface area contributed by atoms with Crippen molar-refractivity contribution < 1.29 is 23.5 Å². The van der Waals surface area contributed by atoms with Crippen LogP contribution in [-0.2, 0) is 14.3 Å². The third kappa shape index (κ3) is 5.86. The molecule has 5 nitrogen and oxygen atoms in total. The summed E-state index contributed by atoms with van der Waals surface area (Å²) in [5.74, 6) is -1.90. The summed E-state index contributed by atoms with van der Waals surface area (Å²) in [6, 6.07) is 9.67. The molecule has 0 aliphatic rings. The molecule has 0 aromatic heterocycles. The lowest BCUT2D eigenvalue weighted by Gasteiger charge is -2.09. The van der Waals surface area contributed by atoms with Gasteiger partial charge < -0.3 is 14.8 Å². The van der Waals surface area contributed by atoms with Crippen LogP contribution in [0, 0.1) is 19.7 Å². The first-order valence-corrected chi connectivity index (χ1v) is 8.25. The summed E-state index contributed by atoms with van der Waals surface area (Å²) in [7, 11) is 0. The summed E-state index contributed by atoms with van der Waals surface area (Å²) in [4.78, 5) is 23.4. The number of benzene rings is 2. The molecule has 25 heavy (non-hydrogen) atoms. The molecule has 0 bridgehead atoms. The van der Waals surface area contributed by atoms with Gasteiger partial charge in [0.05, 0.1) is 0 Å². The number of hydrogen-bond acceptors (Lipinski definition) is 4. The van der Waals surface area contributed by atoms with Crippen molar-refractivity contribution >= 4 is 33.5 Å². The molecule has 0 saturated heterocycles. The van der Waals surface area contributed by atoms with Crippen molar-refractivity contribution in [1.29, 1.82) is 0 Å². The van der Waals surface area contributed by atoms with Gasteiger partial charge in [-0.25, -0.2) is 9.18 Å². The van der Waals surface area contributed by atoms with Crippen molar-refractivity contribution in [2.75, 3.05) is 18.5 Å². The van der Waals surface area contributed by atoms with Crippen LogP contribution < -0.4 is 10.1 Å². The second-order valence-electron chi connectivity index (χ2n) is 5.37. The van der Waals surface area contributed by atoms with Crippen molar-refractivity contribution in [3.8, 4) is 5.75 Å². The molecule has 0 fully saturated rings. The zero-order chi connectivity index (χ0) is 18.4. The molecular weight excluding hydrogens is 393 g/mol. The molecule has 132 valence electrons. The van der Waals surface area contributed by atoms with E-state index in [1.165, 1.54) is 12.1 Å². The van der Waals surface area contributed by atoms with Crippen molar-refractivity contribution in [3.05, 3.63) is 57.8 Å². The van der Waals surface area contributed by atoms with Crippen LogP contribution in [0.15, 0.2) is 40.9 Å². The summed E-state index contributed by atoms with van der Waals surface area (Å²) in [5, 5.41) is 2.63. The minimum absolute atomic E-state index is 0.0697. The van der Waals surface area contributed by atoms with Gasteiger partial charge in [-0.05, 0) is 55.3 Å². The highest BCUT2D eigenvalue weighted by atomic mass is 79.9. The lowest BCUT2D eigenvalue weighted by molar-refractivity contribution is -0.149. The maximum absolute atomic E-state index is 13.5. The number of nitrogens with one attached hydrogen (secondary N) is 1. The molecule has 0 heterocycles. The van der Waals surface area contributed by atoms with E-state index in [-0.39, 0.29) is 5.75 Å². The van der Waals surface area contributed by atoms with Gasteiger partial charge in [0.15, 0.2) is 24.8 Å². The standard InChI is InChI=1S/C18H17BrFNO4/c1-11-3-5-14(7-12(11)2)21-17(22)9-25-18(23)10-24-16-6-4-13(19)8-15(16)20/h3-8H,9-10H2,1-2H3,(H,21,22). The smallest absolute Gasteiger partial charge is 0.344 e. The highest BCUT2D eigenvalue weighted by molar-refractivity contribution is 9.10. The van der Waals surface area contributed by atoms with E-state index in [0.29, 0.717) is 10.2 Å². The highest BCUT2D eigenvalue weighted by Crippen LogP contribution is 2.21. The van der Waals surface area contributed by atoms with Gasteiger partial charge in [-0.1, -0.05) is 22.0 Å². The van der Waals surface area contributed by atoms with Crippen LogP contribution in [0.5, 0.6) is 5.75 Å². The molecule has 7 heteroatoms. The van der Waals surface area contributed by atoms with Gasteiger partial charge in [-0.15, -0.1) is 0 Å². The Morgan fingerprint density at radius 1 is 1.08 bits per heavy atom. The summed E-state index contributed by atoms with van der Waals surface area (Å²) in [6.45, 7) is 2.97. The summed E-state index contributed by atoms with van der Waals surface area (Å²) >= 11 is 3.12. The van der Waals surface area contributed by atoms with Crippen molar-refractivity contribution in [2.24, 2.45) is 0 Å². The number of ether oxygens (including phenoxy) is 2. The molecule has 0 unspecified atom stereocenters. The van der Waals surface area contributed by atoms with E-state index in [2.05, 4.69) is 21.2 Å². The van der Waals surface area contributed by atoms with Gasteiger partial charge in [0.25, 0.3) is 5.91 Å². The molecule has 1 amide bonds. The Labute approximate surface area is 153 Å². The minimum Gasteiger partial charge on any atom is -0.479 e. The molecule has 0 saturated carbocycles. The molecule has 0 atom stereocenters. The van der Waals surface area contributed by atoms with Crippen LogP contribution in [0.25, 0.3) is 0 Å². The highest BCUT2D eigenvalue weighted by Gasteiger charge is 2.11. The van der Waals surface area contributed by atoms with E-state index in [0.717, 1.165) is 11.1 Å². The number of rotatable bonds is 6. The lowest BCUT2D eigenvalue weighted by Crippen LogP contribution is -2.23. The Balaban J connectivity index is 1.77. The number of esters is 1. The SMILES string of the molecule is Cc1ccc(NC(=O)COC(=O)COc2ccc(Br)cc2F)cc1C. The molecular formula is C18H17BrFNO4. The van der Waals surface area contributed by atoms with Gasteiger partial charge in [-0.2, -0.15) is 0 Å². The van der Waals surface area contributed by atoms with Crippen LogP contribution in [0.1, 0.15) is 11.1 Å². The van der Waals surface area contributed by atoms with E-state index in [9.17, 15) is 14.0 Å². The molecule has 0 aliphatic heterocycles. The molecule has 0 aliphatic carbocycles. The number of carbonyl (C=O) groups excluding carboxylic acids is 2. The quantitative estimate of drug-likeness (QED) is 0.737. The number of amides is 1. The fourth-order valence-electron chi connectivity index (χ4n) is 1.93. The first-order valence-electron chi connectivity index (χ1n) is 7.45. The Morgan fingerprint density at radius 3 is 2.52 bits per heavy atom. The van der Waals surface area contributed by atoms with Gasteiger partial charge in [0, 0.05) is 10.2 Å². The fraction of sp³-hybridized carbons (Fsp3) is 0.222. The average molecular weight is 410 g/mol. The van der Waals surface area contributed by atoms with Gasteiger partial charge in [0.2, 0.25) is 0 Å². The van der Waals surface area contributed by atoms with Crippen LogP contribution in [0.3, 0.4) is 0 Å². The van der Waals surface area contributed by atoms with E-state index in [1.54, 1.807) is 12.1 Å². The largest absolute Gasteiger partial charge is 0.479 e. The Hall–Kier alpha value is -2.41.